The van der Waals surface area contributed by atoms with Crippen LogP contribution in [-0.2, 0) is 4.79 Å². The molecule has 0 aliphatic carbocycles. The second-order valence-corrected chi connectivity index (χ2v) is 9.74. The van der Waals surface area contributed by atoms with E-state index in [4.69, 9.17) is 0 Å². The number of thiophene rings is 1. The van der Waals surface area contributed by atoms with Crippen molar-refractivity contribution in [2.24, 2.45) is 0 Å². The first kappa shape index (κ1) is 24.2. The molecular weight excluding hydrogens is 482 g/mol. The fourth-order valence-electron chi connectivity index (χ4n) is 3.38. The molecule has 0 saturated heterocycles. The van der Waals surface area contributed by atoms with E-state index in [1.54, 1.807) is 25.1 Å². The third-order valence-electron chi connectivity index (χ3n) is 5.11. The number of nitro benzene ring substituents is 1. The zero-order chi connectivity index (χ0) is 24.8. The monoisotopic (exact) mass is 503 g/mol. The molecule has 2 N–H and O–H groups in total. The van der Waals surface area contributed by atoms with Gasteiger partial charge < -0.3 is 10.6 Å². The molecule has 2 amide bonds. The Kier molecular flexibility index (Phi) is 7.59. The fraction of sp³-hybridized carbons (Fsp3) is 0.0769. The molecule has 4 rings (SSSR count). The highest BCUT2D eigenvalue weighted by Gasteiger charge is 2.23. The van der Waals surface area contributed by atoms with Crippen molar-refractivity contribution >= 4 is 52.0 Å². The number of non-ortho nitro benzene ring substituents is 1. The Morgan fingerprint density at radius 2 is 1.74 bits per heavy atom. The maximum absolute atomic E-state index is 13.4. The average molecular weight is 504 g/mol. The quantitative estimate of drug-likeness (QED) is 0.158. The summed E-state index contributed by atoms with van der Waals surface area (Å²) in [6, 6.07) is 24.6. The predicted octanol–water partition coefficient (Wildman–Crippen LogP) is 6.69. The first-order valence-corrected chi connectivity index (χ1v) is 12.4. The first-order chi connectivity index (χ1) is 16.9. The van der Waals surface area contributed by atoms with Crippen LogP contribution in [0.1, 0.15) is 26.0 Å². The minimum absolute atomic E-state index is 0.0316. The smallest absolute Gasteiger partial charge is 0.269 e. The van der Waals surface area contributed by atoms with Crippen LogP contribution in [0.4, 0.5) is 17.1 Å². The number of thioether (sulfide) groups is 1. The van der Waals surface area contributed by atoms with E-state index in [1.165, 1.54) is 35.2 Å². The summed E-state index contributed by atoms with van der Waals surface area (Å²) in [5, 5.41) is 18.1. The van der Waals surface area contributed by atoms with E-state index < -0.39 is 10.2 Å². The number of carbonyl (C=O) groups is 2. The van der Waals surface area contributed by atoms with Crippen molar-refractivity contribution in [2.45, 2.75) is 17.1 Å². The van der Waals surface area contributed by atoms with Gasteiger partial charge in [0.05, 0.1) is 9.80 Å². The van der Waals surface area contributed by atoms with Gasteiger partial charge in [-0.2, -0.15) is 0 Å². The summed E-state index contributed by atoms with van der Waals surface area (Å²) in [7, 11) is 0. The lowest BCUT2D eigenvalue weighted by molar-refractivity contribution is -0.384. The van der Waals surface area contributed by atoms with Gasteiger partial charge in [0, 0.05) is 28.4 Å². The molecule has 0 bridgehead atoms. The Morgan fingerprint density at radius 1 is 0.943 bits per heavy atom. The van der Waals surface area contributed by atoms with Crippen molar-refractivity contribution < 1.29 is 14.5 Å². The molecule has 1 aromatic heterocycles. The zero-order valence-corrected chi connectivity index (χ0v) is 20.3. The molecule has 0 aliphatic rings. The lowest BCUT2D eigenvalue weighted by Crippen LogP contribution is -2.19. The Balaban J connectivity index is 1.56. The summed E-state index contributed by atoms with van der Waals surface area (Å²) in [6.07, 6.45) is 0. The molecular formula is C26H21N3O4S2. The van der Waals surface area contributed by atoms with Crippen molar-refractivity contribution in [3.05, 3.63) is 116 Å². The molecule has 1 heterocycles. The number of nitrogens with zero attached hydrogens (tertiary/aromatic N) is 1. The van der Waals surface area contributed by atoms with E-state index in [9.17, 15) is 19.7 Å². The molecule has 1 unspecified atom stereocenters. The van der Waals surface area contributed by atoms with Crippen LogP contribution < -0.4 is 10.6 Å². The van der Waals surface area contributed by atoms with Gasteiger partial charge in [-0.25, -0.2) is 0 Å². The van der Waals surface area contributed by atoms with Crippen molar-refractivity contribution in [1.82, 2.24) is 0 Å². The van der Waals surface area contributed by atoms with Crippen LogP contribution in [0.3, 0.4) is 0 Å². The third kappa shape index (κ3) is 6.14. The van der Waals surface area contributed by atoms with Crippen molar-refractivity contribution in [3.8, 4) is 0 Å². The maximum Gasteiger partial charge on any atom is 0.269 e. The Bertz CT molecular complexity index is 1360. The second-order valence-electron chi connectivity index (χ2n) is 7.61. The van der Waals surface area contributed by atoms with Gasteiger partial charge in [0.15, 0.2) is 0 Å². The van der Waals surface area contributed by atoms with Crippen LogP contribution in [0, 0.1) is 17.0 Å². The molecule has 176 valence electrons. The minimum Gasteiger partial charge on any atom is -0.325 e. The summed E-state index contributed by atoms with van der Waals surface area (Å²) in [6.45, 7) is 1.72. The van der Waals surface area contributed by atoms with Crippen LogP contribution in [-0.4, -0.2) is 16.7 Å². The van der Waals surface area contributed by atoms with Gasteiger partial charge in [-0.05, 0) is 53.8 Å². The highest BCUT2D eigenvalue weighted by Crippen LogP contribution is 2.37. The van der Waals surface area contributed by atoms with E-state index in [0.29, 0.717) is 21.8 Å². The molecule has 35 heavy (non-hydrogen) atoms. The fourth-order valence-corrected chi connectivity index (χ4v) is 5.09. The number of nitrogens with one attached hydrogen (secondary N) is 2. The number of anilines is 2. The van der Waals surface area contributed by atoms with Crippen molar-refractivity contribution in [1.29, 1.82) is 0 Å². The SMILES string of the molecule is Cc1cc([N+](=O)[O-])ccc1NC(=O)C(Sc1cccc(NC(=O)c2cccs2)c1)c1ccccc1. The maximum atomic E-state index is 13.4. The molecule has 1 atom stereocenters. The number of hydrogen-bond acceptors (Lipinski definition) is 6. The van der Waals surface area contributed by atoms with E-state index in [-0.39, 0.29) is 17.5 Å². The lowest BCUT2D eigenvalue weighted by atomic mass is 10.1. The predicted molar refractivity (Wildman–Crippen MR) is 140 cm³/mol. The largest absolute Gasteiger partial charge is 0.325 e. The first-order valence-electron chi connectivity index (χ1n) is 10.6. The zero-order valence-electron chi connectivity index (χ0n) is 18.6. The summed E-state index contributed by atoms with van der Waals surface area (Å²) in [5.74, 6) is -0.445. The minimum atomic E-state index is -0.589. The van der Waals surface area contributed by atoms with Gasteiger partial charge in [-0.3, -0.25) is 19.7 Å². The highest BCUT2D eigenvalue weighted by atomic mass is 32.2. The number of amides is 2. The molecule has 9 heteroatoms. The van der Waals surface area contributed by atoms with E-state index in [0.717, 1.165) is 10.5 Å². The van der Waals surface area contributed by atoms with Crippen LogP contribution in [0.25, 0.3) is 0 Å². The summed E-state index contributed by atoms with van der Waals surface area (Å²) < 4.78 is 0. The normalized spacial score (nSPS) is 11.5. The Morgan fingerprint density at radius 3 is 2.43 bits per heavy atom. The molecule has 4 aromatic rings. The van der Waals surface area contributed by atoms with Gasteiger partial charge >= 0.3 is 0 Å². The summed E-state index contributed by atoms with van der Waals surface area (Å²) in [4.78, 5) is 37.8. The number of rotatable bonds is 8. The topological polar surface area (TPSA) is 101 Å². The average Bonchev–Trinajstić information content (AvgIpc) is 3.40. The lowest BCUT2D eigenvalue weighted by Gasteiger charge is -2.18. The van der Waals surface area contributed by atoms with Crippen LogP contribution >= 0.6 is 23.1 Å². The molecule has 3 aromatic carbocycles. The van der Waals surface area contributed by atoms with Gasteiger partial charge in [-0.1, -0.05) is 42.5 Å². The van der Waals surface area contributed by atoms with Crippen molar-refractivity contribution in [3.63, 3.8) is 0 Å². The molecule has 0 saturated carbocycles. The molecule has 0 aliphatic heterocycles. The Hall–Kier alpha value is -3.95. The highest BCUT2D eigenvalue weighted by molar-refractivity contribution is 8.00. The standard InChI is InChI=1S/C26H21N3O4S2/c1-17-15-20(29(32)33)12-13-22(17)28-26(31)24(18-7-3-2-4-8-18)35-21-10-5-9-19(16-21)27-25(30)23-11-6-14-34-23/h2-16,24H,1H3,(H,27,30)(H,28,31). The van der Waals surface area contributed by atoms with Gasteiger partial charge in [-0.15, -0.1) is 23.1 Å². The summed E-state index contributed by atoms with van der Waals surface area (Å²) in [5.41, 5.74) is 2.52. The molecule has 0 fully saturated rings. The Labute approximate surface area is 210 Å². The van der Waals surface area contributed by atoms with E-state index in [1.807, 2.05) is 60.0 Å². The molecule has 0 radical (unpaired) electrons. The van der Waals surface area contributed by atoms with Gasteiger partial charge in [0.25, 0.3) is 11.6 Å². The number of aryl methyl sites for hydroxylation is 1. The van der Waals surface area contributed by atoms with Crippen molar-refractivity contribution in [2.75, 3.05) is 10.6 Å². The van der Waals surface area contributed by atoms with Crippen LogP contribution in [0.5, 0.6) is 0 Å². The van der Waals surface area contributed by atoms with Crippen LogP contribution in [0.2, 0.25) is 0 Å². The van der Waals surface area contributed by atoms with E-state index in [2.05, 4.69) is 10.6 Å². The van der Waals surface area contributed by atoms with E-state index >= 15 is 0 Å². The molecule has 0 spiro atoms. The third-order valence-corrected chi connectivity index (χ3v) is 7.23. The number of nitro groups is 1. The van der Waals surface area contributed by atoms with Gasteiger partial charge in [0.2, 0.25) is 5.91 Å². The van der Waals surface area contributed by atoms with Gasteiger partial charge in [0.1, 0.15) is 5.25 Å². The van der Waals surface area contributed by atoms with Crippen LogP contribution in [0.15, 0.2) is 95.2 Å². The second kappa shape index (κ2) is 11.0. The number of hydrogen-bond donors (Lipinski definition) is 2. The molecule has 7 nitrogen and oxygen atoms in total. The summed E-state index contributed by atoms with van der Waals surface area (Å²) >= 11 is 2.72. The number of carbonyl (C=O) groups excluding carboxylic acids is 2. The number of benzene rings is 3.